The predicted octanol–water partition coefficient (Wildman–Crippen LogP) is 3.63. The molecule has 150 valence electrons. The third-order valence-electron chi connectivity index (χ3n) is 4.49. The van der Waals surface area contributed by atoms with Crippen LogP contribution in [0, 0.1) is 10.1 Å². The van der Waals surface area contributed by atoms with Crippen molar-refractivity contribution in [3.63, 3.8) is 0 Å². The third-order valence-corrected chi connectivity index (χ3v) is 4.49. The van der Waals surface area contributed by atoms with Crippen LogP contribution < -0.4 is 14.9 Å². The number of hydrazone groups is 1. The molecule has 0 bridgehead atoms. The minimum absolute atomic E-state index is 0.0601. The maximum Gasteiger partial charge on any atom is 0.285 e. The van der Waals surface area contributed by atoms with Gasteiger partial charge in [-0.3, -0.25) is 14.9 Å². The molecule has 0 fully saturated rings. The van der Waals surface area contributed by atoms with Gasteiger partial charge in [-0.25, -0.2) is 5.43 Å². The molecule has 2 unspecified atom stereocenters. The summed E-state index contributed by atoms with van der Waals surface area (Å²) >= 11 is 0. The van der Waals surface area contributed by atoms with Crippen LogP contribution in [0.2, 0.25) is 0 Å². The standard InChI is InChI=1S/C22H17N3O5/c26-22(24-23-14-15-7-6-10-17(13-15)25(27)28)21-20(16-8-2-1-3-9-16)29-18-11-4-5-12-19(18)30-21/h1-14,20-21H,(H,24,26). The number of rotatable bonds is 5. The number of nitrogens with one attached hydrogen (secondary N) is 1. The molecule has 0 aromatic heterocycles. The van der Waals surface area contributed by atoms with E-state index in [0.717, 1.165) is 5.56 Å². The Morgan fingerprint density at radius 2 is 1.67 bits per heavy atom. The number of carbonyl (C=O) groups is 1. The summed E-state index contributed by atoms with van der Waals surface area (Å²) in [5, 5.41) is 14.8. The summed E-state index contributed by atoms with van der Waals surface area (Å²) < 4.78 is 12.0. The SMILES string of the molecule is O=C(NN=Cc1cccc([N+](=O)[O-])c1)C1Oc2ccccc2OC1c1ccccc1. The van der Waals surface area contributed by atoms with Crippen LogP contribution >= 0.6 is 0 Å². The number of non-ortho nitro benzene ring substituents is 1. The predicted molar refractivity (Wildman–Crippen MR) is 110 cm³/mol. The number of amides is 1. The Labute approximate surface area is 171 Å². The van der Waals surface area contributed by atoms with Crippen LogP contribution in [0.25, 0.3) is 0 Å². The number of ether oxygens (including phenoxy) is 2. The molecule has 0 spiro atoms. The minimum Gasteiger partial charge on any atom is -0.477 e. The summed E-state index contributed by atoms with van der Waals surface area (Å²) in [7, 11) is 0. The van der Waals surface area contributed by atoms with Gasteiger partial charge in [0.15, 0.2) is 17.6 Å². The second-order valence-corrected chi connectivity index (χ2v) is 6.52. The summed E-state index contributed by atoms with van der Waals surface area (Å²) in [5.41, 5.74) is 3.64. The lowest BCUT2D eigenvalue weighted by Crippen LogP contribution is -2.44. The molecule has 0 aliphatic carbocycles. The molecular formula is C22H17N3O5. The normalized spacial score (nSPS) is 17.5. The van der Waals surface area contributed by atoms with Crippen molar-refractivity contribution in [3.05, 3.63) is 100 Å². The van der Waals surface area contributed by atoms with Crippen molar-refractivity contribution >= 4 is 17.8 Å². The monoisotopic (exact) mass is 403 g/mol. The number of nitrogens with zero attached hydrogens (tertiary/aromatic N) is 2. The first-order valence-electron chi connectivity index (χ1n) is 9.16. The molecular weight excluding hydrogens is 386 g/mol. The molecule has 0 saturated carbocycles. The van der Waals surface area contributed by atoms with E-state index in [4.69, 9.17) is 9.47 Å². The fraction of sp³-hybridized carbons (Fsp3) is 0.0909. The second kappa shape index (κ2) is 8.44. The highest BCUT2D eigenvalue weighted by molar-refractivity contribution is 5.85. The fourth-order valence-corrected chi connectivity index (χ4v) is 3.07. The van der Waals surface area contributed by atoms with Gasteiger partial charge in [-0.2, -0.15) is 5.10 Å². The van der Waals surface area contributed by atoms with Crippen molar-refractivity contribution in [1.82, 2.24) is 5.43 Å². The van der Waals surface area contributed by atoms with Crippen LogP contribution in [0.4, 0.5) is 5.69 Å². The van der Waals surface area contributed by atoms with E-state index in [0.29, 0.717) is 17.1 Å². The second-order valence-electron chi connectivity index (χ2n) is 6.52. The first-order chi connectivity index (χ1) is 14.6. The number of hydrogen-bond donors (Lipinski definition) is 1. The quantitative estimate of drug-likeness (QED) is 0.398. The maximum atomic E-state index is 12.8. The molecule has 3 aromatic rings. The van der Waals surface area contributed by atoms with Crippen LogP contribution in [0.5, 0.6) is 11.5 Å². The molecule has 1 aliphatic rings. The molecule has 0 radical (unpaired) electrons. The summed E-state index contributed by atoms with van der Waals surface area (Å²) in [6.07, 6.45) is -0.293. The molecule has 8 heteroatoms. The summed E-state index contributed by atoms with van der Waals surface area (Å²) in [5.74, 6) is 0.517. The van der Waals surface area contributed by atoms with Gasteiger partial charge < -0.3 is 9.47 Å². The Kier molecular flexibility index (Phi) is 5.38. The molecule has 2 atom stereocenters. The summed E-state index contributed by atoms with van der Waals surface area (Å²) in [6, 6.07) is 22.3. The zero-order chi connectivity index (χ0) is 20.9. The van der Waals surface area contributed by atoms with Gasteiger partial charge in [0.05, 0.1) is 11.1 Å². The van der Waals surface area contributed by atoms with Crippen molar-refractivity contribution in [3.8, 4) is 11.5 Å². The van der Waals surface area contributed by atoms with Gasteiger partial charge in [0, 0.05) is 17.7 Å². The van der Waals surface area contributed by atoms with Crippen molar-refractivity contribution in [2.24, 2.45) is 5.10 Å². The average Bonchev–Trinajstić information content (AvgIpc) is 2.79. The van der Waals surface area contributed by atoms with Crippen LogP contribution in [0.3, 0.4) is 0 Å². The highest BCUT2D eigenvalue weighted by Gasteiger charge is 2.38. The number of nitro benzene ring substituents is 1. The van der Waals surface area contributed by atoms with E-state index in [1.54, 1.807) is 30.3 Å². The number of benzene rings is 3. The number of fused-ring (bicyclic) bond motifs is 1. The van der Waals surface area contributed by atoms with Gasteiger partial charge in [0.2, 0.25) is 6.10 Å². The van der Waals surface area contributed by atoms with Gasteiger partial charge in [0.25, 0.3) is 11.6 Å². The molecule has 1 heterocycles. The Bertz CT molecular complexity index is 1100. The molecule has 1 aliphatic heterocycles. The van der Waals surface area contributed by atoms with Gasteiger partial charge >= 0.3 is 0 Å². The average molecular weight is 403 g/mol. The minimum atomic E-state index is -0.968. The number of carbonyl (C=O) groups excluding carboxylic acids is 1. The number of hydrogen-bond acceptors (Lipinski definition) is 6. The van der Waals surface area contributed by atoms with E-state index in [2.05, 4.69) is 10.5 Å². The van der Waals surface area contributed by atoms with Gasteiger partial charge in [-0.15, -0.1) is 0 Å². The lowest BCUT2D eigenvalue weighted by atomic mass is 10.0. The van der Waals surface area contributed by atoms with E-state index >= 15 is 0 Å². The van der Waals surface area contributed by atoms with E-state index in [1.165, 1.54) is 18.3 Å². The Morgan fingerprint density at radius 3 is 2.40 bits per heavy atom. The topological polar surface area (TPSA) is 103 Å². The zero-order valence-electron chi connectivity index (χ0n) is 15.7. The first kappa shape index (κ1) is 19.1. The van der Waals surface area contributed by atoms with Gasteiger partial charge in [-0.05, 0) is 17.7 Å². The Hall–Kier alpha value is -4.20. The third kappa shape index (κ3) is 4.12. The highest BCUT2D eigenvalue weighted by Crippen LogP contribution is 2.39. The number of para-hydroxylation sites is 2. The number of nitro groups is 1. The highest BCUT2D eigenvalue weighted by atomic mass is 16.6. The lowest BCUT2D eigenvalue weighted by Gasteiger charge is -2.32. The van der Waals surface area contributed by atoms with Gasteiger partial charge in [0.1, 0.15) is 0 Å². The van der Waals surface area contributed by atoms with E-state index in [-0.39, 0.29) is 5.69 Å². The van der Waals surface area contributed by atoms with Crippen molar-refractivity contribution in [2.75, 3.05) is 0 Å². The molecule has 1 N–H and O–H groups in total. The maximum absolute atomic E-state index is 12.8. The van der Waals surface area contributed by atoms with Crippen LogP contribution in [0.1, 0.15) is 17.2 Å². The Morgan fingerprint density at radius 1 is 0.967 bits per heavy atom. The largest absolute Gasteiger partial charge is 0.477 e. The zero-order valence-corrected chi connectivity index (χ0v) is 15.7. The summed E-state index contributed by atoms with van der Waals surface area (Å²) in [6.45, 7) is 0. The molecule has 0 saturated heterocycles. The van der Waals surface area contributed by atoms with Gasteiger partial charge in [-0.1, -0.05) is 54.6 Å². The van der Waals surface area contributed by atoms with Crippen LogP contribution in [-0.4, -0.2) is 23.1 Å². The Balaban J connectivity index is 1.53. The van der Waals surface area contributed by atoms with Crippen LogP contribution in [-0.2, 0) is 4.79 Å². The molecule has 1 amide bonds. The van der Waals surface area contributed by atoms with Crippen molar-refractivity contribution in [2.45, 2.75) is 12.2 Å². The summed E-state index contributed by atoms with van der Waals surface area (Å²) in [4.78, 5) is 23.2. The molecule has 4 rings (SSSR count). The smallest absolute Gasteiger partial charge is 0.285 e. The fourth-order valence-electron chi connectivity index (χ4n) is 3.07. The van der Waals surface area contributed by atoms with E-state index < -0.39 is 23.0 Å². The van der Waals surface area contributed by atoms with Crippen molar-refractivity contribution < 1.29 is 19.2 Å². The molecule has 8 nitrogen and oxygen atoms in total. The molecule has 3 aromatic carbocycles. The van der Waals surface area contributed by atoms with Crippen molar-refractivity contribution in [1.29, 1.82) is 0 Å². The van der Waals surface area contributed by atoms with Crippen LogP contribution in [0.15, 0.2) is 84.0 Å². The molecule has 30 heavy (non-hydrogen) atoms. The van der Waals surface area contributed by atoms with E-state index in [9.17, 15) is 14.9 Å². The first-order valence-corrected chi connectivity index (χ1v) is 9.16. The van der Waals surface area contributed by atoms with E-state index in [1.807, 2.05) is 36.4 Å². The lowest BCUT2D eigenvalue weighted by molar-refractivity contribution is -0.384.